The molecule has 1 aliphatic carbocycles. The highest BCUT2D eigenvalue weighted by Crippen LogP contribution is 2.43. The van der Waals surface area contributed by atoms with Crippen molar-refractivity contribution in [2.75, 3.05) is 36.9 Å². The zero-order chi connectivity index (χ0) is 23.5. The van der Waals surface area contributed by atoms with E-state index in [1.165, 1.54) is 12.3 Å². The van der Waals surface area contributed by atoms with Gasteiger partial charge in [0.25, 0.3) is 5.91 Å². The molecule has 3 aromatic rings. The molecule has 0 radical (unpaired) electrons. The number of pyridine rings is 1. The van der Waals surface area contributed by atoms with Gasteiger partial charge in [-0.3, -0.25) is 19.5 Å². The smallest absolute Gasteiger partial charge is 0.257 e. The average molecular weight is 459 g/mol. The number of ether oxygens (including phenoxy) is 1. The molecule has 0 unspecified atom stereocenters. The molecular weight excluding hydrogens is 432 g/mol. The third kappa shape index (κ3) is 4.50. The Bertz CT molecular complexity index is 1190. The van der Waals surface area contributed by atoms with Gasteiger partial charge in [-0.05, 0) is 43.2 Å². The third-order valence-electron chi connectivity index (χ3n) is 6.36. The molecule has 8 nitrogen and oxygen atoms in total. The zero-order valence-corrected chi connectivity index (χ0v) is 18.7. The van der Waals surface area contributed by atoms with Crippen LogP contribution < -0.4 is 10.6 Å². The van der Waals surface area contributed by atoms with E-state index >= 15 is 0 Å². The molecule has 0 spiro atoms. The second-order valence-corrected chi connectivity index (χ2v) is 8.57. The summed E-state index contributed by atoms with van der Waals surface area (Å²) in [6.07, 6.45) is 3.09. The van der Waals surface area contributed by atoms with Crippen molar-refractivity contribution < 1.29 is 19.4 Å². The van der Waals surface area contributed by atoms with E-state index in [0.29, 0.717) is 37.6 Å². The summed E-state index contributed by atoms with van der Waals surface area (Å²) in [6.45, 7) is 2.66. The van der Waals surface area contributed by atoms with Gasteiger partial charge in [-0.25, -0.2) is 0 Å². The van der Waals surface area contributed by atoms with E-state index in [1.54, 1.807) is 24.3 Å². The zero-order valence-electron chi connectivity index (χ0n) is 18.7. The van der Waals surface area contributed by atoms with Crippen LogP contribution in [0.4, 0.5) is 11.4 Å². The Morgan fingerprint density at radius 1 is 0.971 bits per heavy atom. The van der Waals surface area contributed by atoms with Gasteiger partial charge in [0.05, 0.1) is 30.2 Å². The van der Waals surface area contributed by atoms with Crippen molar-refractivity contribution in [3.63, 3.8) is 0 Å². The largest absolute Gasteiger partial charge is 0.506 e. The van der Waals surface area contributed by atoms with E-state index in [1.807, 2.05) is 30.3 Å². The van der Waals surface area contributed by atoms with Crippen LogP contribution in [0.1, 0.15) is 23.2 Å². The number of phenolic OH excluding ortho intramolecular Hbond substituents is 1. The number of nitrogens with one attached hydrogen (secondary N) is 2. The first-order chi connectivity index (χ1) is 16.5. The summed E-state index contributed by atoms with van der Waals surface area (Å²) in [7, 11) is 0. The van der Waals surface area contributed by atoms with Crippen LogP contribution in [0.5, 0.6) is 5.75 Å². The van der Waals surface area contributed by atoms with Gasteiger partial charge >= 0.3 is 0 Å². The maximum atomic E-state index is 13.1. The topological polar surface area (TPSA) is 104 Å². The average Bonchev–Trinajstić information content (AvgIpc) is 3.70. The summed E-state index contributed by atoms with van der Waals surface area (Å²) < 4.78 is 5.40. The number of aromatic hydroxyl groups is 1. The molecule has 174 valence electrons. The van der Waals surface area contributed by atoms with Crippen LogP contribution >= 0.6 is 0 Å². The fourth-order valence-corrected chi connectivity index (χ4v) is 4.26. The van der Waals surface area contributed by atoms with Gasteiger partial charge < -0.3 is 20.5 Å². The van der Waals surface area contributed by atoms with Crippen LogP contribution in [-0.4, -0.2) is 58.6 Å². The maximum absolute atomic E-state index is 13.1. The Morgan fingerprint density at radius 3 is 2.41 bits per heavy atom. The molecular formula is C26H26N4O4. The molecule has 2 aliphatic rings. The van der Waals surface area contributed by atoms with Crippen molar-refractivity contribution in [3.05, 3.63) is 72.4 Å². The van der Waals surface area contributed by atoms with Crippen molar-refractivity contribution in [1.82, 2.24) is 9.88 Å². The number of morpholine rings is 1. The lowest BCUT2D eigenvalue weighted by atomic mass is 10.1. The Hall–Kier alpha value is -3.75. The van der Waals surface area contributed by atoms with Crippen LogP contribution in [0.25, 0.3) is 11.3 Å². The number of rotatable bonds is 6. The standard InChI is InChI=1S/C26H26N4O4/c31-23-9-7-20(16-22(23)29-25(33)26(10-11-26)30-12-14-34-15-13-30)28-24(32)19-6-8-21(27-17-19)18-4-2-1-3-5-18/h1-9,16-17,31H,10-15H2,(H,28,32)(H,29,33). The molecule has 1 saturated heterocycles. The van der Waals surface area contributed by atoms with Gasteiger partial charge in [-0.1, -0.05) is 30.3 Å². The minimum atomic E-state index is -0.540. The Morgan fingerprint density at radius 2 is 1.74 bits per heavy atom. The summed E-state index contributed by atoms with van der Waals surface area (Å²) in [6, 6.07) is 17.8. The van der Waals surface area contributed by atoms with Gasteiger partial charge in [-0.15, -0.1) is 0 Å². The van der Waals surface area contributed by atoms with Crippen molar-refractivity contribution >= 4 is 23.2 Å². The van der Waals surface area contributed by atoms with Crippen molar-refractivity contribution in [1.29, 1.82) is 0 Å². The van der Waals surface area contributed by atoms with Crippen LogP contribution in [0.15, 0.2) is 66.9 Å². The second kappa shape index (κ2) is 9.24. The van der Waals surface area contributed by atoms with E-state index in [-0.39, 0.29) is 23.3 Å². The van der Waals surface area contributed by atoms with Crippen LogP contribution in [-0.2, 0) is 9.53 Å². The van der Waals surface area contributed by atoms with Gasteiger partial charge in [-0.2, -0.15) is 0 Å². The first kappa shape index (κ1) is 22.1. The number of hydrogen-bond acceptors (Lipinski definition) is 6. The molecule has 3 N–H and O–H groups in total. The Labute approximate surface area is 197 Å². The molecule has 0 atom stereocenters. The van der Waals surface area contributed by atoms with E-state index < -0.39 is 5.54 Å². The van der Waals surface area contributed by atoms with Crippen LogP contribution in [0, 0.1) is 0 Å². The van der Waals surface area contributed by atoms with Gasteiger partial charge in [0.1, 0.15) is 11.3 Å². The van der Waals surface area contributed by atoms with Crippen LogP contribution in [0.3, 0.4) is 0 Å². The van der Waals surface area contributed by atoms with Gasteiger partial charge in [0, 0.05) is 30.5 Å². The normalized spacial score (nSPS) is 17.1. The first-order valence-corrected chi connectivity index (χ1v) is 11.4. The number of carbonyl (C=O) groups excluding carboxylic acids is 2. The molecule has 2 amide bonds. The number of carbonyl (C=O) groups is 2. The molecule has 2 fully saturated rings. The van der Waals surface area contributed by atoms with E-state index in [9.17, 15) is 14.7 Å². The summed E-state index contributed by atoms with van der Waals surface area (Å²) in [5.74, 6) is -0.533. The predicted molar refractivity (Wildman–Crippen MR) is 129 cm³/mol. The highest BCUT2D eigenvalue weighted by atomic mass is 16.5. The minimum Gasteiger partial charge on any atom is -0.506 e. The molecule has 8 heteroatoms. The lowest BCUT2D eigenvalue weighted by Gasteiger charge is -2.33. The summed E-state index contributed by atoms with van der Waals surface area (Å²) >= 11 is 0. The highest BCUT2D eigenvalue weighted by Gasteiger charge is 2.54. The highest BCUT2D eigenvalue weighted by molar-refractivity contribution is 6.05. The summed E-state index contributed by atoms with van der Waals surface area (Å²) in [5.41, 5.74) is 2.34. The number of benzene rings is 2. The van der Waals surface area contributed by atoms with Crippen LogP contribution in [0.2, 0.25) is 0 Å². The van der Waals surface area contributed by atoms with Crippen molar-refractivity contribution in [2.45, 2.75) is 18.4 Å². The number of amides is 2. The van der Waals surface area contributed by atoms with E-state index in [2.05, 4.69) is 20.5 Å². The summed E-state index contributed by atoms with van der Waals surface area (Å²) in [5, 5.41) is 16.0. The van der Waals surface area contributed by atoms with E-state index in [4.69, 9.17) is 4.74 Å². The fraction of sp³-hybridized carbons (Fsp3) is 0.269. The predicted octanol–water partition coefficient (Wildman–Crippen LogP) is 3.51. The quantitative estimate of drug-likeness (QED) is 0.386. The summed E-state index contributed by atoms with van der Waals surface area (Å²) in [4.78, 5) is 32.3. The number of hydrogen-bond donors (Lipinski definition) is 3. The molecule has 1 saturated carbocycles. The first-order valence-electron chi connectivity index (χ1n) is 11.4. The lowest BCUT2D eigenvalue weighted by Crippen LogP contribution is -2.51. The molecule has 1 aromatic heterocycles. The number of anilines is 2. The van der Waals surface area contributed by atoms with Crippen molar-refractivity contribution in [2.24, 2.45) is 0 Å². The molecule has 2 aromatic carbocycles. The molecule has 2 heterocycles. The maximum Gasteiger partial charge on any atom is 0.257 e. The number of nitrogens with zero attached hydrogens (tertiary/aromatic N) is 2. The van der Waals surface area contributed by atoms with Crippen molar-refractivity contribution in [3.8, 4) is 17.0 Å². The third-order valence-corrected chi connectivity index (χ3v) is 6.36. The van der Waals surface area contributed by atoms with E-state index in [0.717, 1.165) is 24.1 Å². The SMILES string of the molecule is O=C(Nc1ccc(O)c(NC(=O)C2(N3CCOCC3)CC2)c1)c1ccc(-c2ccccc2)nc1. The molecule has 5 rings (SSSR count). The second-order valence-electron chi connectivity index (χ2n) is 8.57. The Kier molecular flexibility index (Phi) is 6.00. The van der Waals surface area contributed by atoms with Gasteiger partial charge in [0.2, 0.25) is 5.91 Å². The van der Waals surface area contributed by atoms with Gasteiger partial charge in [0.15, 0.2) is 0 Å². The fourth-order valence-electron chi connectivity index (χ4n) is 4.26. The molecule has 0 bridgehead atoms. The lowest BCUT2D eigenvalue weighted by molar-refractivity contribution is -0.124. The Balaban J connectivity index is 1.26. The molecule has 34 heavy (non-hydrogen) atoms. The number of aromatic nitrogens is 1. The minimum absolute atomic E-state index is 0.0574. The molecule has 1 aliphatic heterocycles. The number of phenols is 1. The monoisotopic (exact) mass is 458 g/mol.